The molecule has 1 aliphatic heterocycles. The molecule has 1 aliphatic rings. The highest BCUT2D eigenvalue weighted by molar-refractivity contribution is 5.91. The van der Waals surface area contributed by atoms with Crippen LogP contribution in [-0.2, 0) is 0 Å². The summed E-state index contributed by atoms with van der Waals surface area (Å²) < 4.78 is 19.6. The fraction of sp³-hybridized carbons (Fsp3) is 0.368. The van der Waals surface area contributed by atoms with Crippen LogP contribution in [0, 0.1) is 6.92 Å². The van der Waals surface area contributed by atoms with Gasteiger partial charge in [0.25, 0.3) is 0 Å². The van der Waals surface area contributed by atoms with Gasteiger partial charge in [-0.05, 0) is 37.7 Å². The largest absolute Gasteiger partial charge is 0.441 e. The Kier molecular flexibility index (Phi) is 4.91. The van der Waals surface area contributed by atoms with Crippen molar-refractivity contribution in [3.05, 3.63) is 36.4 Å². The Bertz CT molecular complexity index is 1010. The summed E-state index contributed by atoms with van der Waals surface area (Å²) in [4.78, 5) is 18.0. The Morgan fingerprint density at radius 2 is 2.18 bits per heavy atom. The van der Waals surface area contributed by atoms with Crippen molar-refractivity contribution in [3.63, 3.8) is 0 Å². The maximum absolute atomic E-state index is 14.1. The number of likely N-dealkylation sites (tertiary alicyclic amines) is 1. The summed E-state index contributed by atoms with van der Waals surface area (Å²) in [7, 11) is 1.73. The van der Waals surface area contributed by atoms with Crippen LogP contribution in [0.1, 0.15) is 12.3 Å². The molecule has 146 valence electrons. The number of aromatic nitrogens is 3. The number of fused-ring (bicyclic) bond motifs is 1. The number of hydrogen-bond donors (Lipinski definition) is 2. The maximum atomic E-state index is 14.1. The summed E-state index contributed by atoms with van der Waals surface area (Å²) in [5, 5.41) is 14.6. The third-order valence-corrected chi connectivity index (χ3v) is 4.93. The van der Waals surface area contributed by atoms with Gasteiger partial charge in [-0.25, -0.2) is 14.2 Å². The van der Waals surface area contributed by atoms with Crippen LogP contribution >= 0.6 is 0 Å². The van der Waals surface area contributed by atoms with Gasteiger partial charge in [0, 0.05) is 30.5 Å². The van der Waals surface area contributed by atoms with Gasteiger partial charge in [-0.1, -0.05) is 0 Å². The Hall–Kier alpha value is -3.07. The predicted octanol–water partition coefficient (Wildman–Crippen LogP) is 2.76. The minimum absolute atomic E-state index is 0.0490. The Balaban J connectivity index is 1.51. The van der Waals surface area contributed by atoms with Gasteiger partial charge in [0.1, 0.15) is 6.17 Å². The zero-order chi connectivity index (χ0) is 19.7. The second-order valence-corrected chi connectivity index (χ2v) is 6.82. The van der Waals surface area contributed by atoms with E-state index in [1.54, 1.807) is 26.2 Å². The van der Waals surface area contributed by atoms with Crippen molar-refractivity contribution >= 4 is 22.8 Å². The maximum Gasteiger partial charge on any atom is 0.323 e. The molecule has 0 aliphatic carbocycles. The molecule has 2 N–H and O–H groups in total. The molecule has 1 aromatic carbocycles. The van der Waals surface area contributed by atoms with Crippen molar-refractivity contribution in [2.24, 2.45) is 0 Å². The molecule has 0 bridgehead atoms. The highest BCUT2D eigenvalue weighted by Gasteiger charge is 2.30. The van der Waals surface area contributed by atoms with Crippen molar-refractivity contribution in [3.8, 4) is 11.3 Å². The first-order chi connectivity index (χ1) is 13.5. The van der Waals surface area contributed by atoms with Gasteiger partial charge < -0.3 is 14.6 Å². The first kappa shape index (κ1) is 18.3. The minimum atomic E-state index is -1.10. The summed E-state index contributed by atoms with van der Waals surface area (Å²) in [6, 6.07) is 6.74. The van der Waals surface area contributed by atoms with Gasteiger partial charge >= 0.3 is 6.03 Å². The quantitative estimate of drug-likeness (QED) is 0.721. The molecule has 0 spiro atoms. The molecule has 28 heavy (non-hydrogen) atoms. The molecule has 0 unspecified atom stereocenters. The number of amides is 2. The number of aryl methyl sites for hydroxylation is 1. The Labute approximate surface area is 161 Å². The first-order valence-electron chi connectivity index (χ1n) is 9.11. The number of oxazole rings is 1. The van der Waals surface area contributed by atoms with Crippen LogP contribution in [0.3, 0.4) is 0 Å². The van der Waals surface area contributed by atoms with Gasteiger partial charge in [0.2, 0.25) is 0 Å². The fourth-order valence-corrected chi connectivity index (χ4v) is 3.36. The molecule has 3 aromatic rings. The van der Waals surface area contributed by atoms with Crippen LogP contribution in [0.2, 0.25) is 0 Å². The van der Waals surface area contributed by atoms with E-state index in [9.17, 15) is 9.18 Å². The number of piperidine rings is 1. The lowest BCUT2D eigenvalue weighted by Crippen LogP contribution is -2.52. The van der Waals surface area contributed by atoms with E-state index in [1.165, 1.54) is 4.90 Å². The van der Waals surface area contributed by atoms with E-state index in [-0.39, 0.29) is 18.6 Å². The number of alkyl halides is 1. The van der Waals surface area contributed by atoms with E-state index in [4.69, 9.17) is 4.42 Å². The van der Waals surface area contributed by atoms with Crippen LogP contribution in [0.25, 0.3) is 22.2 Å². The molecular weight excluding hydrogens is 363 g/mol. The van der Waals surface area contributed by atoms with Gasteiger partial charge in [0.05, 0.1) is 18.3 Å². The van der Waals surface area contributed by atoms with Crippen molar-refractivity contribution in [1.82, 2.24) is 25.4 Å². The Morgan fingerprint density at radius 3 is 2.89 bits per heavy atom. The second kappa shape index (κ2) is 7.51. The summed E-state index contributed by atoms with van der Waals surface area (Å²) in [6.45, 7) is 2.31. The summed E-state index contributed by atoms with van der Waals surface area (Å²) in [5.41, 5.74) is 1.55. The molecule has 1 fully saturated rings. The number of halogens is 1. The monoisotopic (exact) mass is 384 g/mol. The van der Waals surface area contributed by atoms with E-state index in [1.807, 2.05) is 18.2 Å². The van der Waals surface area contributed by atoms with E-state index >= 15 is 0 Å². The first-order valence-corrected chi connectivity index (χ1v) is 9.11. The Morgan fingerprint density at radius 1 is 1.32 bits per heavy atom. The van der Waals surface area contributed by atoms with Crippen molar-refractivity contribution in [1.29, 1.82) is 0 Å². The van der Waals surface area contributed by atoms with Crippen LogP contribution in [0.4, 0.5) is 15.0 Å². The number of hydrogen-bond acceptors (Lipinski definition) is 6. The van der Waals surface area contributed by atoms with Gasteiger partial charge in [0.15, 0.2) is 17.5 Å². The van der Waals surface area contributed by atoms with Gasteiger partial charge in [-0.3, -0.25) is 5.32 Å². The molecule has 4 rings (SSSR count). The van der Waals surface area contributed by atoms with E-state index in [0.29, 0.717) is 36.0 Å². The van der Waals surface area contributed by atoms with Gasteiger partial charge in [-0.15, -0.1) is 10.2 Å². The summed E-state index contributed by atoms with van der Waals surface area (Å²) >= 11 is 0. The molecule has 3 heterocycles. The normalized spacial score (nSPS) is 19.8. The van der Waals surface area contributed by atoms with Crippen molar-refractivity contribution < 1.29 is 13.6 Å². The SMILES string of the molecule is CN[C@H]1CCN(C(=O)Nc2cc3cc(-c4cnc(C)o4)ccc3nn2)C[C@@H]1F. The standard InChI is InChI=1S/C19H21FN6O2/c1-11-22-9-17(28-11)12-3-4-15-13(7-12)8-18(25-24-15)23-19(27)26-6-5-16(21-2)14(20)10-26/h3-4,7-9,14,16,21H,5-6,10H2,1-2H3,(H,23,25,27)/t14-,16-/m0/s1. The highest BCUT2D eigenvalue weighted by atomic mass is 19.1. The molecule has 2 amide bonds. The number of nitrogens with zero attached hydrogens (tertiary/aromatic N) is 4. The molecule has 1 saturated heterocycles. The zero-order valence-electron chi connectivity index (χ0n) is 15.6. The van der Waals surface area contributed by atoms with Crippen molar-refractivity contribution in [2.45, 2.75) is 25.6 Å². The molecule has 8 nitrogen and oxygen atoms in total. The van der Waals surface area contributed by atoms with E-state index in [2.05, 4.69) is 25.8 Å². The van der Waals surface area contributed by atoms with Crippen LogP contribution in [0.15, 0.2) is 34.9 Å². The molecule has 2 aromatic heterocycles. The molecule has 0 saturated carbocycles. The van der Waals surface area contributed by atoms with Crippen LogP contribution in [-0.4, -0.2) is 58.5 Å². The zero-order valence-corrected chi connectivity index (χ0v) is 15.6. The summed E-state index contributed by atoms with van der Waals surface area (Å²) in [5.74, 6) is 1.56. The predicted molar refractivity (Wildman–Crippen MR) is 103 cm³/mol. The summed E-state index contributed by atoms with van der Waals surface area (Å²) in [6.07, 6.45) is 1.13. The molecule has 2 atom stereocenters. The molecule has 9 heteroatoms. The van der Waals surface area contributed by atoms with Crippen LogP contribution < -0.4 is 10.6 Å². The lowest BCUT2D eigenvalue weighted by Gasteiger charge is -2.34. The number of urea groups is 1. The topological polar surface area (TPSA) is 96.2 Å². The molecule has 0 radical (unpaired) electrons. The fourth-order valence-electron chi connectivity index (χ4n) is 3.36. The average molecular weight is 384 g/mol. The minimum Gasteiger partial charge on any atom is -0.441 e. The lowest BCUT2D eigenvalue weighted by atomic mass is 10.0. The number of carbonyl (C=O) groups excluding carboxylic acids is 1. The number of carbonyl (C=O) groups is 1. The smallest absolute Gasteiger partial charge is 0.323 e. The second-order valence-electron chi connectivity index (χ2n) is 6.82. The third kappa shape index (κ3) is 3.65. The number of rotatable bonds is 3. The number of benzene rings is 1. The van der Waals surface area contributed by atoms with Gasteiger partial charge in [-0.2, -0.15) is 0 Å². The number of anilines is 1. The molecular formula is C19H21FN6O2. The third-order valence-electron chi connectivity index (χ3n) is 4.93. The lowest BCUT2D eigenvalue weighted by molar-refractivity contribution is 0.126. The average Bonchev–Trinajstić information content (AvgIpc) is 3.13. The highest BCUT2D eigenvalue weighted by Crippen LogP contribution is 2.25. The van der Waals surface area contributed by atoms with Crippen LogP contribution in [0.5, 0.6) is 0 Å². The van der Waals surface area contributed by atoms with E-state index < -0.39 is 6.17 Å². The van der Waals surface area contributed by atoms with E-state index in [0.717, 1.165) is 10.9 Å². The van der Waals surface area contributed by atoms with Crippen molar-refractivity contribution in [2.75, 3.05) is 25.5 Å². The number of nitrogens with one attached hydrogen (secondary N) is 2.